The molecule has 0 bridgehead atoms. The van der Waals surface area contributed by atoms with Gasteiger partial charge < -0.3 is 14.5 Å². The SMILES string of the molecule is CCN(CC)C(=O)CN1CCN(c2nc(COC)nc3scc(-c4ccccc4)c23)CC1. The van der Waals surface area contributed by atoms with Gasteiger partial charge in [0.05, 0.1) is 11.9 Å². The van der Waals surface area contributed by atoms with Gasteiger partial charge >= 0.3 is 0 Å². The third-order valence-corrected chi connectivity index (χ3v) is 6.84. The molecule has 1 amide bonds. The second kappa shape index (κ2) is 10.4. The predicted molar refractivity (Wildman–Crippen MR) is 130 cm³/mol. The van der Waals surface area contributed by atoms with Crippen LogP contribution < -0.4 is 4.90 Å². The van der Waals surface area contributed by atoms with Crippen LogP contribution >= 0.6 is 11.3 Å². The summed E-state index contributed by atoms with van der Waals surface area (Å²) in [7, 11) is 1.67. The van der Waals surface area contributed by atoms with Gasteiger partial charge in [-0.15, -0.1) is 11.3 Å². The molecule has 0 aliphatic carbocycles. The Hall–Kier alpha value is -2.55. The molecule has 1 aliphatic heterocycles. The summed E-state index contributed by atoms with van der Waals surface area (Å²) in [6, 6.07) is 10.4. The van der Waals surface area contributed by atoms with Gasteiger partial charge in [0.15, 0.2) is 5.82 Å². The van der Waals surface area contributed by atoms with Crippen molar-refractivity contribution in [3.63, 3.8) is 0 Å². The van der Waals surface area contributed by atoms with Crippen molar-refractivity contribution in [2.75, 3.05) is 57.8 Å². The minimum Gasteiger partial charge on any atom is -0.377 e. The highest BCUT2D eigenvalue weighted by Gasteiger charge is 2.25. The molecule has 0 N–H and O–H groups in total. The molecule has 4 rings (SSSR count). The molecule has 0 unspecified atom stereocenters. The maximum Gasteiger partial charge on any atom is 0.236 e. The average Bonchev–Trinajstić information content (AvgIpc) is 3.25. The number of rotatable bonds is 8. The molecule has 170 valence electrons. The molecule has 0 saturated carbocycles. The highest BCUT2D eigenvalue weighted by Crippen LogP contribution is 2.38. The lowest BCUT2D eigenvalue weighted by Crippen LogP contribution is -2.50. The number of aromatic nitrogens is 2. The van der Waals surface area contributed by atoms with E-state index in [0.29, 0.717) is 19.0 Å². The first-order chi connectivity index (χ1) is 15.6. The predicted octanol–water partition coefficient (Wildman–Crippen LogP) is 3.50. The number of ether oxygens (including phenoxy) is 1. The van der Waals surface area contributed by atoms with Crippen molar-refractivity contribution >= 4 is 33.3 Å². The quantitative estimate of drug-likeness (QED) is 0.520. The molecular formula is C24H31N5O2S. The number of carbonyl (C=O) groups excluding carboxylic acids is 1. The van der Waals surface area contributed by atoms with E-state index < -0.39 is 0 Å². The Bertz CT molecular complexity index is 1040. The lowest BCUT2D eigenvalue weighted by molar-refractivity contribution is -0.132. The first-order valence-electron chi connectivity index (χ1n) is 11.2. The normalized spacial score (nSPS) is 14.8. The van der Waals surface area contributed by atoms with Crippen molar-refractivity contribution in [3.8, 4) is 11.1 Å². The van der Waals surface area contributed by atoms with Crippen LogP contribution in [0.15, 0.2) is 35.7 Å². The Labute approximate surface area is 193 Å². The van der Waals surface area contributed by atoms with Crippen molar-refractivity contribution in [2.45, 2.75) is 20.5 Å². The first-order valence-corrected chi connectivity index (χ1v) is 12.1. The zero-order valence-electron chi connectivity index (χ0n) is 19.1. The third kappa shape index (κ3) is 4.77. The number of thiophene rings is 1. The summed E-state index contributed by atoms with van der Waals surface area (Å²) in [4.78, 5) is 29.7. The van der Waals surface area contributed by atoms with Gasteiger partial charge in [0, 0.05) is 57.3 Å². The van der Waals surface area contributed by atoms with E-state index in [2.05, 4.69) is 39.4 Å². The number of likely N-dealkylation sites (N-methyl/N-ethyl adjacent to an activating group) is 1. The summed E-state index contributed by atoms with van der Waals surface area (Å²) in [6.45, 7) is 9.78. The van der Waals surface area contributed by atoms with Gasteiger partial charge in [-0.25, -0.2) is 9.97 Å². The maximum absolute atomic E-state index is 12.5. The second-order valence-electron chi connectivity index (χ2n) is 7.92. The van der Waals surface area contributed by atoms with E-state index in [1.54, 1.807) is 18.4 Å². The number of fused-ring (bicyclic) bond motifs is 1. The lowest BCUT2D eigenvalue weighted by atomic mass is 10.1. The van der Waals surface area contributed by atoms with Gasteiger partial charge in [0.25, 0.3) is 0 Å². The minimum absolute atomic E-state index is 0.208. The lowest BCUT2D eigenvalue weighted by Gasteiger charge is -2.36. The number of nitrogens with zero attached hydrogens (tertiary/aromatic N) is 5. The van der Waals surface area contributed by atoms with Crippen molar-refractivity contribution in [1.29, 1.82) is 0 Å². The highest BCUT2D eigenvalue weighted by molar-refractivity contribution is 7.17. The van der Waals surface area contributed by atoms with Crippen molar-refractivity contribution in [2.24, 2.45) is 0 Å². The van der Waals surface area contributed by atoms with Crippen LogP contribution in [0, 0.1) is 0 Å². The summed E-state index contributed by atoms with van der Waals surface area (Å²) in [6.07, 6.45) is 0. The molecule has 32 heavy (non-hydrogen) atoms. The summed E-state index contributed by atoms with van der Waals surface area (Å²) < 4.78 is 5.33. The standard InChI is InChI=1S/C24H31N5O2S/c1-4-28(5-2)21(30)15-27-11-13-29(14-12-27)23-22-19(18-9-7-6-8-10-18)17-32-24(22)26-20(25-23)16-31-3/h6-10,17H,4-5,11-16H2,1-3H3. The van der Waals surface area contributed by atoms with Crippen molar-refractivity contribution in [1.82, 2.24) is 19.8 Å². The monoisotopic (exact) mass is 453 g/mol. The van der Waals surface area contributed by atoms with Crippen LogP contribution in [0.4, 0.5) is 5.82 Å². The largest absolute Gasteiger partial charge is 0.377 e. The molecule has 8 heteroatoms. The molecule has 1 aliphatic rings. The van der Waals surface area contributed by atoms with Gasteiger partial charge in [-0.3, -0.25) is 9.69 Å². The van der Waals surface area contributed by atoms with Crippen molar-refractivity contribution in [3.05, 3.63) is 41.5 Å². The van der Waals surface area contributed by atoms with Gasteiger partial charge in [0.2, 0.25) is 5.91 Å². The minimum atomic E-state index is 0.208. The number of anilines is 1. The molecule has 1 aromatic carbocycles. The molecule has 3 aromatic rings. The molecule has 1 saturated heterocycles. The highest BCUT2D eigenvalue weighted by atomic mass is 32.1. The Morgan fingerprint density at radius 3 is 2.47 bits per heavy atom. The van der Waals surface area contributed by atoms with Crippen LogP contribution in [0.5, 0.6) is 0 Å². The Morgan fingerprint density at radius 2 is 1.81 bits per heavy atom. The van der Waals surface area contributed by atoms with Crippen LogP contribution in [0.3, 0.4) is 0 Å². The van der Waals surface area contributed by atoms with E-state index in [1.807, 2.05) is 24.8 Å². The number of benzene rings is 1. The average molecular weight is 454 g/mol. The molecule has 3 heterocycles. The molecular weight excluding hydrogens is 422 g/mol. The number of carbonyl (C=O) groups is 1. The molecule has 1 fully saturated rings. The number of amides is 1. The van der Waals surface area contributed by atoms with E-state index >= 15 is 0 Å². The topological polar surface area (TPSA) is 61.8 Å². The Balaban J connectivity index is 1.59. The first kappa shape index (κ1) is 22.6. The van der Waals surface area contributed by atoms with E-state index in [9.17, 15) is 4.79 Å². The number of hydrogen-bond acceptors (Lipinski definition) is 7. The fourth-order valence-electron chi connectivity index (χ4n) is 4.20. The molecule has 7 nitrogen and oxygen atoms in total. The zero-order chi connectivity index (χ0) is 22.5. The second-order valence-corrected chi connectivity index (χ2v) is 8.78. The van der Waals surface area contributed by atoms with Crippen molar-refractivity contribution < 1.29 is 9.53 Å². The fourth-order valence-corrected chi connectivity index (χ4v) is 5.17. The molecule has 2 aromatic heterocycles. The summed E-state index contributed by atoms with van der Waals surface area (Å²) in [5.41, 5.74) is 2.34. The van der Waals surface area contributed by atoms with Crippen LogP contribution in [0.25, 0.3) is 21.3 Å². The summed E-state index contributed by atoms with van der Waals surface area (Å²) >= 11 is 1.65. The Kier molecular flexibility index (Phi) is 7.34. The molecule has 0 radical (unpaired) electrons. The van der Waals surface area contributed by atoms with Crippen LogP contribution in [-0.2, 0) is 16.1 Å². The zero-order valence-corrected chi connectivity index (χ0v) is 19.9. The van der Waals surface area contributed by atoms with E-state index in [-0.39, 0.29) is 5.91 Å². The van der Waals surface area contributed by atoms with Gasteiger partial charge in [-0.1, -0.05) is 30.3 Å². The fraction of sp³-hybridized carbons (Fsp3) is 0.458. The molecule has 0 spiro atoms. The maximum atomic E-state index is 12.5. The molecule has 0 atom stereocenters. The number of methoxy groups -OCH3 is 1. The van der Waals surface area contributed by atoms with Crippen LogP contribution in [0.1, 0.15) is 19.7 Å². The van der Waals surface area contributed by atoms with Crippen LogP contribution in [-0.4, -0.2) is 78.6 Å². The Morgan fingerprint density at radius 1 is 1.09 bits per heavy atom. The van der Waals surface area contributed by atoms with E-state index in [0.717, 1.165) is 55.3 Å². The van der Waals surface area contributed by atoms with Gasteiger partial charge in [-0.2, -0.15) is 0 Å². The third-order valence-electron chi connectivity index (χ3n) is 5.97. The van der Waals surface area contributed by atoms with E-state index in [4.69, 9.17) is 14.7 Å². The smallest absolute Gasteiger partial charge is 0.236 e. The van der Waals surface area contributed by atoms with Crippen LogP contribution in [0.2, 0.25) is 0 Å². The van der Waals surface area contributed by atoms with Gasteiger partial charge in [0.1, 0.15) is 17.3 Å². The summed E-state index contributed by atoms with van der Waals surface area (Å²) in [5, 5.41) is 3.28. The van der Waals surface area contributed by atoms with E-state index in [1.165, 1.54) is 11.1 Å². The number of piperazine rings is 1. The number of hydrogen-bond donors (Lipinski definition) is 0. The van der Waals surface area contributed by atoms with Gasteiger partial charge in [-0.05, 0) is 19.4 Å². The summed E-state index contributed by atoms with van der Waals surface area (Å²) in [5.74, 6) is 1.88.